The van der Waals surface area contributed by atoms with Crippen molar-refractivity contribution in [3.8, 4) is 11.5 Å². The molecule has 0 aliphatic carbocycles. The summed E-state index contributed by atoms with van der Waals surface area (Å²) in [5, 5.41) is 14.2. The average molecular weight is 282 g/mol. The molecular formula is C14H22N2O4. The molecule has 0 fully saturated rings. The molecule has 6 heteroatoms. The summed E-state index contributed by atoms with van der Waals surface area (Å²) >= 11 is 0. The summed E-state index contributed by atoms with van der Waals surface area (Å²) in [6.07, 6.45) is 0. The van der Waals surface area contributed by atoms with E-state index in [0.717, 1.165) is 6.54 Å². The molecule has 0 aliphatic rings. The molecule has 6 nitrogen and oxygen atoms in total. The van der Waals surface area contributed by atoms with E-state index < -0.39 is 4.92 Å². The van der Waals surface area contributed by atoms with E-state index >= 15 is 0 Å². The van der Waals surface area contributed by atoms with Gasteiger partial charge in [0, 0.05) is 18.5 Å². The second-order valence-electron chi connectivity index (χ2n) is 5.07. The van der Waals surface area contributed by atoms with Crippen LogP contribution >= 0.6 is 0 Å². The second kappa shape index (κ2) is 7.69. The fourth-order valence-electron chi connectivity index (χ4n) is 1.64. The highest BCUT2D eigenvalue weighted by molar-refractivity contribution is 5.50. The van der Waals surface area contributed by atoms with Gasteiger partial charge < -0.3 is 14.8 Å². The number of nitro groups is 1. The lowest BCUT2D eigenvalue weighted by Crippen LogP contribution is -2.30. The van der Waals surface area contributed by atoms with E-state index in [0.29, 0.717) is 24.3 Å². The number of benzene rings is 1. The van der Waals surface area contributed by atoms with Crippen LogP contribution in [0.5, 0.6) is 11.5 Å². The van der Waals surface area contributed by atoms with Crippen LogP contribution in [0.2, 0.25) is 0 Å². The number of methoxy groups -OCH3 is 1. The molecule has 0 bridgehead atoms. The van der Waals surface area contributed by atoms with Gasteiger partial charge in [-0.2, -0.15) is 0 Å². The summed E-state index contributed by atoms with van der Waals surface area (Å²) in [6, 6.07) is 5.04. The zero-order valence-electron chi connectivity index (χ0n) is 12.4. The molecule has 0 heterocycles. The molecule has 0 radical (unpaired) electrons. The molecule has 1 aromatic rings. The van der Waals surface area contributed by atoms with Gasteiger partial charge in [0.1, 0.15) is 5.75 Å². The van der Waals surface area contributed by atoms with Gasteiger partial charge in [0.25, 0.3) is 0 Å². The Bertz CT molecular complexity index is 449. The van der Waals surface area contributed by atoms with Crippen LogP contribution in [0.15, 0.2) is 18.2 Å². The molecule has 0 saturated carbocycles. The van der Waals surface area contributed by atoms with Crippen molar-refractivity contribution in [2.24, 2.45) is 5.92 Å². The van der Waals surface area contributed by atoms with Crippen molar-refractivity contribution in [1.82, 2.24) is 5.32 Å². The molecule has 1 unspecified atom stereocenters. The highest BCUT2D eigenvalue weighted by Gasteiger charge is 2.16. The van der Waals surface area contributed by atoms with Gasteiger partial charge in [-0.3, -0.25) is 10.1 Å². The topological polar surface area (TPSA) is 73.6 Å². The first-order valence-electron chi connectivity index (χ1n) is 6.62. The van der Waals surface area contributed by atoms with E-state index in [1.165, 1.54) is 13.2 Å². The fraction of sp³-hybridized carbons (Fsp3) is 0.571. The van der Waals surface area contributed by atoms with Gasteiger partial charge in [0.15, 0.2) is 5.75 Å². The van der Waals surface area contributed by atoms with Crippen molar-refractivity contribution in [2.75, 3.05) is 20.3 Å². The first-order valence-corrected chi connectivity index (χ1v) is 6.62. The molecule has 0 saturated heterocycles. The van der Waals surface area contributed by atoms with Gasteiger partial charge >= 0.3 is 5.69 Å². The number of rotatable bonds is 8. The lowest BCUT2D eigenvalue weighted by molar-refractivity contribution is -0.385. The van der Waals surface area contributed by atoms with Crippen LogP contribution in [0, 0.1) is 16.0 Å². The summed E-state index contributed by atoms with van der Waals surface area (Å²) in [5.74, 6) is 1.03. The van der Waals surface area contributed by atoms with Gasteiger partial charge in [0.2, 0.25) is 0 Å². The molecule has 0 amide bonds. The van der Waals surface area contributed by atoms with E-state index in [2.05, 4.69) is 26.1 Å². The van der Waals surface area contributed by atoms with Crippen molar-refractivity contribution in [2.45, 2.75) is 26.8 Å². The molecule has 1 N–H and O–H groups in total. The Morgan fingerprint density at radius 2 is 2.05 bits per heavy atom. The zero-order chi connectivity index (χ0) is 15.1. The first-order chi connectivity index (χ1) is 9.43. The number of nitro benzene ring substituents is 1. The third-order valence-corrected chi connectivity index (χ3v) is 2.76. The van der Waals surface area contributed by atoms with Gasteiger partial charge in [0.05, 0.1) is 24.7 Å². The van der Waals surface area contributed by atoms with Gasteiger partial charge in [-0.25, -0.2) is 0 Å². The van der Waals surface area contributed by atoms with Crippen molar-refractivity contribution in [1.29, 1.82) is 0 Å². The van der Waals surface area contributed by atoms with Crippen LogP contribution in [0.1, 0.15) is 20.8 Å². The summed E-state index contributed by atoms with van der Waals surface area (Å²) in [7, 11) is 1.41. The number of nitrogens with zero attached hydrogens (tertiary/aromatic N) is 1. The Kier molecular flexibility index (Phi) is 6.24. The number of hydrogen-bond acceptors (Lipinski definition) is 5. The van der Waals surface area contributed by atoms with E-state index in [-0.39, 0.29) is 11.4 Å². The summed E-state index contributed by atoms with van der Waals surface area (Å²) in [6.45, 7) is 7.58. The Morgan fingerprint density at radius 3 is 2.60 bits per heavy atom. The van der Waals surface area contributed by atoms with Crippen molar-refractivity contribution in [3.05, 3.63) is 28.3 Å². The van der Waals surface area contributed by atoms with Crippen LogP contribution in [0.3, 0.4) is 0 Å². The summed E-state index contributed by atoms with van der Waals surface area (Å²) in [4.78, 5) is 10.4. The standard InChI is InChI=1S/C14H22N2O4/c1-10(2)15-8-11(3)9-20-12-5-6-14(19-4)13(7-12)16(17)18/h5-7,10-11,15H,8-9H2,1-4H3. The van der Waals surface area contributed by atoms with E-state index in [4.69, 9.17) is 9.47 Å². The highest BCUT2D eigenvalue weighted by Crippen LogP contribution is 2.30. The molecule has 20 heavy (non-hydrogen) atoms. The SMILES string of the molecule is COc1ccc(OCC(C)CNC(C)C)cc1[N+](=O)[O-]. The van der Waals surface area contributed by atoms with Gasteiger partial charge in [-0.1, -0.05) is 20.8 Å². The Morgan fingerprint density at radius 1 is 1.35 bits per heavy atom. The summed E-state index contributed by atoms with van der Waals surface area (Å²) in [5.41, 5.74) is -0.0852. The largest absolute Gasteiger partial charge is 0.493 e. The van der Waals surface area contributed by atoms with Crippen molar-refractivity contribution in [3.63, 3.8) is 0 Å². The maximum atomic E-state index is 10.9. The fourth-order valence-corrected chi connectivity index (χ4v) is 1.64. The van der Waals surface area contributed by atoms with Crippen LogP contribution in [0.4, 0.5) is 5.69 Å². The van der Waals surface area contributed by atoms with Crippen molar-refractivity contribution < 1.29 is 14.4 Å². The average Bonchev–Trinajstić information content (AvgIpc) is 2.42. The molecule has 0 aromatic heterocycles. The van der Waals surface area contributed by atoms with Crippen LogP contribution in [-0.4, -0.2) is 31.2 Å². The number of ether oxygens (including phenoxy) is 2. The second-order valence-corrected chi connectivity index (χ2v) is 5.07. The minimum Gasteiger partial charge on any atom is -0.493 e. The number of nitrogens with one attached hydrogen (secondary N) is 1. The Labute approximate surface area is 119 Å². The van der Waals surface area contributed by atoms with Crippen LogP contribution in [0.25, 0.3) is 0 Å². The monoisotopic (exact) mass is 282 g/mol. The molecule has 0 spiro atoms. The van der Waals surface area contributed by atoms with Crippen molar-refractivity contribution >= 4 is 5.69 Å². The van der Waals surface area contributed by atoms with Gasteiger partial charge in [-0.15, -0.1) is 0 Å². The normalized spacial score (nSPS) is 12.2. The predicted octanol–water partition coefficient (Wildman–Crippen LogP) is 2.62. The maximum Gasteiger partial charge on any atom is 0.314 e. The maximum absolute atomic E-state index is 10.9. The van der Waals surface area contributed by atoms with E-state index in [1.807, 2.05) is 0 Å². The van der Waals surface area contributed by atoms with Crippen LogP contribution in [-0.2, 0) is 0 Å². The molecule has 1 aromatic carbocycles. The first kappa shape index (κ1) is 16.2. The lowest BCUT2D eigenvalue weighted by atomic mass is 10.2. The minimum absolute atomic E-state index is 0.0852. The number of hydrogen-bond donors (Lipinski definition) is 1. The molecule has 1 atom stereocenters. The smallest absolute Gasteiger partial charge is 0.314 e. The Balaban J connectivity index is 2.60. The molecule has 0 aliphatic heterocycles. The van der Waals surface area contributed by atoms with Gasteiger partial charge in [-0.05, 0) is 12.1 Å². The third kappa shape index (κ3) is 5.05. The minimum atomic E-state index is -0.477. The third-order valence-electron chi connectivity index (χ3n) is 2.76. The van der Waals surface area contributed by atoms with E-state index in [9.17, 15) is 10.1 Å². The Hall–Kier alpha value is -1.82. The lowest BCUT2D eigenvalue weighted by Gasteiger charge is -2.15. The predicted molar refractivity (Wildman–Crippen MR) is 77.4 cm³/mol. The summed E-state index contributed by atoms with van der Waals surface area (Å²) < 4.78 is 10.5. The molecule has 1 rings (SSSR count). The molecular weight excluding hydrogens is 260 g/mol. The van der Waals surface area contributed by atoms with E-state index in [1.54, 1.807) is 12.1 Å². The molecule has 112 valence electrons. The van der Waals surface area contributed by atoms with Crippen LogP contribution < -0.4 is 14.8 Å². The quantitative estimate of drug-likeness (QED) is 0.586. The highest BCUT2D eigenvalue weighted by atomic mass is 16.6. The zero-order valence-corrected chi connectivity index (χ0v) is 12.4.